The molecule has 0 unspecified atom stereocenters. The van der Waals surface area contributed by atoms with E-state index in [1.165, 1.54) is 43.2 Å². The van der Waals surface area contributed by atoms with E-state index < -0.39 is 10.0 Å². The third kappa shape index (κ3) is 7.91. The lowest BCUT2D eigenvalue weighted by molar-refractivity contribution is 0.000789. The molecule has 3 rings (SSSR count). The molecule has 2 aromatic rings. The Kier molecular flexibility index (Phi) is 8.74. The van der Waals surface area contributed by atoms with E-state index in [1.54, 1.807) is 12.1 Å². The maximum absolute atomic E-state index is 12.9. The van der Waals surface area contributed by atoms with Crippen LogP contribution in [0.25, 0.3) is 0 Å². The standard InChI is InChI=1S/C26H38N2O3S/c1-26(2,3)31-17-16-28-32(29,30)24-15-14-23(18-21-10-6-4-7-11-21)25(19-24)27-20-22-12-8-5-9-13-22/h5,8-9,12-15,19,21,27-28H,4,6-7,10-11,16-18,20H2,1-3H3. The number of hydrogen-bond donors (Lipinski definition) is 2. The van der Waals surface area contributed by atoms with Crippen molar-refractivity contribution in [3.8, 4) is 0 Å². The van der Waals surface area contributed by atoms with Crippen molar-refractivity contribution in [3.05, 3.63) is 59.7 Å². The van der Waals surface area contributed by atoms with Crippen molar-refractivity contribution >= 4 is 15.7 Å². The maximum Gasteiger partial charge on any atom is 0.240 e. The van der Waals surface area contributed by atoms with Crippen LogP contribution in [0.2, 0.25) is 0 Å². The number of nitrogens with one attached hydrogen (secondary N) is 2. The summed E-state index contributed by atoms with van der Waals surface area (Å²) in [5, 5.41) is 3.50. The minimum Gasteiger partial charge on any atom is -0.381 e. The summed E-state index contributed by atoms with van der Waals surface area (Å²) in [5.41, 5.74) is 2.98. The van der Waals surface area contributed by atoms with Gasteiger partial charge in [0, 0.05) is 18.8 Å². The molecule has 2 aromatic carbocycles. The van der Waals surface area contributed by atoms with Crippen LogP contribution in [0.1, 0.15) is 64.0 Å². The largest absolute Gasteiger partial charge is 0.381 e. The molecule has 0 aromatic heterocycles. The van der Waals surface area contributed by atoms with E-state index in [2.05, 4.69) is 22.2 Å². The summed E-state index contributed by atoms with van der Waals surface area (Å²) in [6.45, 7) is 7.11. The fourth-order valence-corrected chi connectivity index (χ4v) is 5.22. The topological polar surface area (TPSA) is 67.4 Å². The van der Waals surface area contributed by atoms with Crippen LogP contribution >= 0.6 is 0 Å². The molecule has 0 amide bonds. The number of sulfonamides is 1. The van der Waals surface area contributed by atoms with Crippen molar-refractivity contribution in [2.45, 2.75) is 76.3 Å². The van der Waals surface area contributed by atoms with Gasteiger partial charge in [-0.1, -0.05) is 68.5 Å². The van der Waals surface area contributed by atoms with Crippen LogP contribution in [-0.4, -0.2) is 27.2 Å². The Morgan fingerprint density at radius 1 is 1.00 bits per heavy atom. The second kappa shape index (κ2) is 11.3. The van der Waals surface area contributed by atoms with Gasteiger partial charge in [-0.3, -0.25) is 0 Å². The average Bonchev–Trinajstić information content (AvgIpc) is 2.77. The lowest BCUT2D eigenvalue weighted by atomic mass is 9.84. The van der Waals surface area contributed by atoms with Gasteiger partial charge >= 0.3 is 0 Å². The van der Waals surface area contributed by atoms with Gasteiger partial charge in [-0.15, -0.1) is 0 Å². The van der Waals surface area contributed by atoms with Crippen molar-refractivity contribution in [2.75, 3.05) is 18.5 Å². The van der Waals surface area contributed by atoms with Gasteiger partial charge in [-0.25, -0.2) is 13.1 Å². The van der Waals surface area contributed by atoms with Crippen LogP contribution in [0.3, 0.4) is 0 Å². The Morgan fingerprint density at radius 3 is 2.41 bits per heavy atom. The van der Waals surface area contributed by atoms with E-state index in [0.29, 0.717) is 19.1 Å². The molecule has 0 radical (unpaired) electrons. The van der Waals surface area contributed by atoms with E-state index in [-0.39, 0.29) is 17.0 Å². The first-order valence-electron chi connectivity index (χ1n) is 11.8. The van der Waals surface area contributed by atoms with E-state index in [0.717, 1.165) is 12.1 Å². The summed E-state index contributed by atoms with van der Waals surface area (Å²) in [5.74, 6) is 0.677. The van der Waals surface area contributed by atoms with Crippen LogP contribution in [0.15, 0.2) is 53.4 Å². The zero-order valence-electron chi connectivity index (χ0n) is 19.7. The van der Waals surface area contributed by atoms with E-state index in [1.807, 2.05) is 45.0 Å². The van der Waals surface area contributed by atoms with Gasteiger partial charge in [0.05, 0.1) is 17.1 Å². The van der Waals surface area contributed by atoms with Crippen molar-refractivity contribution in [2.24, 2.45) is 5.92 Å². The summed E-state index contributed by atoms with van der Waals surface area (Å²) in [6, 6.07) is 15.7. The van der Waals surface area contributed by atoms with Gasteiger partial charge in [-0.05, 0) is 56.4 Å². The highest BCUT2D eigenvalue weighted by atomic mass is 32.2. The molecule has 0 aliphatic heterocycles. The average molecular weight is 459 g/mol. The highest BCUT2D eigenvalue weighted by Crippen LogP contribution is 2.31. The highest BCUT2D eigenvalue weighted by molar-refractivity contribution is 7.89. The van der Waals surface area contributed by atoms with E-state index in [9.17, 15) is 8.42 Å². The Labute approximate surface area is 194 Å². The van der Waals surface area contributed by atoms with Crippen LogP contribution in [0, 0.1) is 5.92 Å². The lowest BCUT2D eigenvalue weighted by Crippen LogP contribution is -2.30. The molecule has 0 spiro atoms. The molecular formula is C26H38N2O3S. The first-order chi connectivity index (χ1) is 15.2. The quantitative estimate of drug-likeness (QED) is 0.460. The zero-order chi connectivity index (χ0) is 23.0. The van der Waals surface area contributed by atoms with Gasteiger partial charge < -0.3 is 10.1 Å². The molecule has 0 saturated heterocycles. The van der Waals surface area contributed by atoms with Gasteiger partial charge in [0.1, 0.15) is 0 Å². The predicted octanol–water partition coefficient (Wildman–Crippen LogP) is 5.51. The molecule has 32 heavy (non-hydrogen) atoms. The van der Waals surface area contributed by atoms with Crippen LogP contribution in [-0.2, 0) is 27.7 Å². The van der Waals surface area contributed by atoms with E-state index >= 15 is 0 Å². The Balaban J connectivity index is 1.74. The number of rotatable bonds is 10. The SMILES string of the molecule is CC(C)(C)OCCNS(=O)(=O)c1ccc(CC2CCCCC2)c(NCc2ccccc2)c1. The molecule has 1 fully saturated rings. The van der Waals surface area contributed by atoms with Crippen molar-refractivity contribution in [1.29, 1.82) is 0 Å². The molecule has 6 heteroatoms. The predicted molar refractivity (Wildman–Crippen MR) is 131 cm³/mol. The van der Waals surface area contributed by atoms with Crippen LogP contribution in [0.5, 0.6) is 0 Å². The Hall–Kier alpha value is -1.89. The summed E-state index contributed by atoms with van der Waals surface area (Å²) >= 11 is 0. The minimum atomic E-state index is -3.60. The molecule has 0 heterocycles. The minimum absolute atomic E-state index is 0.246. The third-order valence-electron chi connectivity index (χ3n) is 5.88. The molecule has 1 aliphatic carbocycles. The Morgan fingerprint density at radius 2 is 1.72 bits per heavy atom. The summed E-state index contributed by atoms with van der Waals surface area (Å²) < 4.78 is 34.1. The maximum atomic E-state index is 12.9. The third-order valence-corrected chi connectivity index (χ3v) is 7.34. The van der Waals surface area contributed by atoms with Crippen molar-refractivity contribution < 1.29 is 13.2 Å². The van der Waals surface area contributed by atoms with Crippen LogP contribution in [0.4, 0.5) is 5.69 Å². The number of hydrogen-bond acceptors (Lipinski definition) is 4. The fraction of sp³-hybridized carbons (Fsp3) is 0.538. The second-order valence-corrected chi connectivity index (χ2v) is 11.5. The number of benzene rings is 2. The molecule has 2 N–H and O–H groups in total. The zero-order valence-corrected chi connectivity index (χ0v) is 20.5. The van der Waals surface area contributed by atoms with Crippen molar-refractivity contribution in [3.63, 3.8) is 0 Å². The molecule has 0 bridgehead atoms. The first-order valence-corrected chi connectivity index (χ1v) is 13.3. The highest BCUT2D eigenvalue weighted by Gasteiger charge is 2.20. The van der Waals surface area contributed by atoms with Gasteiger partial charge in [-0.2, -0.15) is 0 Å². The smallest absolute Gasteiger partial charge is 0.240 e. The van der Waals surface area contributed by atoms with E-state index in [4.69, 9.17) is 4.74 Å². The van der Waals surface area contributed by atoms with Gasteiger partial charge in [0.25, 0.3) is 0 Å². The summed E-state index contributed by atoms with van der Waals surface area (Å²) in [4.78, 5) is 0.288. The van der Waals surface area contributed by atoms with Crippen LogP contribution < -0.4 is 10.0 Å². The molecule has 5 nitrogen and oxygen atoms in total. The molecule has 1 aliphatic rings. The normalized spacial score (nSPS) is 15.6. The molecule has 176 valence electrons. The number of anilines is 1. The lowest BCUT2D eigenvalue weighted by Gasteiger charge is -2.23. The fourth-order valence-electron chi connectivity index (χ4n) is 4.18. The second-order valence-electron chi connectivity index (χ2n) is 9.72. The monoisotopic (exact) mass is 458 g/mol. The Bertz CT molecular complexity index is 947. The summed E-state index contributed by atoms with van der Waals surface area (Å²) in [6.07, 6.45) is 7.43. The van der Waals surface area contributed by atoms with Crippen molar-refractivity contribution in [1.82, 2.24) is 4.72 Å². The van der Waals surface area contributed by atoms with Gasteiger partial charge in [0.15, 0.2) is 0 Å². The first kappa shape index (κ1) is 24.7. The van der Waals surface area contributed by atoms with Gasteiger partial charge in [0.2, 0.25) is 10.0 Å². The molecule has 1 saturated carbocycles. The molecular weight excluding hydrogens is 420 g/mol. The number of ether oxygens (including phenoxy) is 1. The summed E-state index contributed by atoms with van der Waals surface area (Å²) in [7, 11) is -3.60. The molecule has 0 atom stereocenters.